The summed E-state index contributed by atoms with van der Waals surface area (Å²) in [6.07, 6.45) is 0. The van der Waals surface area contributed by atoms with Gasteiger partial charge >= 0.3 is 0 Å². The van der Waals surface area contributed by atoms with Gasteiger partial charge in [0, 0.05) is 16.6 Å². The fourth-order valence-electron chi connectivity index (χ4n) is 3.44. The van der Waals surface area contributed by atoms with Crippen LogP contribution in [0.3, 0.4) is 0 Å². The number of fused-ring (bicyclic) bond motifs is 2. The maximum Gasteiger partial charge on any atom is 0.291 e. The summed E-state index contributed by atoms with van der Waals surface area (Å²) in [5.74, 6) is 0.907. The highest BCUT2D eigenvalue weighted by molar-refractivity contribution is 6.04. The molecule has 0 aliphatic rings. The van der Waals surface area contributed by atoms with Crippen LogP contribution in [0.25, 0.3) is 33.5 Å². The molecule has 0 radical (unpaired) electrons. The van der Waals surface area contributed by atoms with Crippen molar-refractivity contribution in [3.63, 3.8) is 0 Å². The van der Waals surface area contributed by atoms with Crippen molar-refractivity contribution in [3.05, 3.63) is 84.1 Å². The van der Waals surface area contributed by atoms with Crippen LogP contribution in [0, 0.1) is 0 Å². The molecule has 0 atom stereocenters. The second-order valence-corrected chi connectivity index (χ2v) is 7.58. The summed E-state index contributed by atoms with van der Waals surface area (Å²) in [6.45, 7) is 4.30. The summed E-state index contributed by atoms with van der Waals surface area (Å²) >= 11 is 0. The van der Waals surface area contributed by atoms with Crippen molar-refractivity contribution in [3.8, 4) is 11.5 Å². The lowest BCUT2D eigenvalue weighted by molar-refractivity contribution is 0.0998. The molecule has 30 heavy (non-hydrogen) atoms. The lowest BCUT2D eigenvalue weighted by Gasteiger charge is -2.04. The molecule has 0 bridgehead atoms. The molecule has 1 N–H and O–H groups in total. The van der Waals surface area contributed by atoms with Gasteiger partial charge in [-0.2, -0.15) is 0 Å². The Labute approximate surface area is 173 Å². The van der Waals surface area contributed by atoms with Gasteiger partial charge < -0.3 is 14.2 Å². The summed E-state index contributed by atoms with van der Waals surface area (Å²) < 4.78 is 11.6. The highest BCUT2D eigenvalue weighted by atomic mass is 16.4. The van der Waals surface area contributed by atoms with Crippen LogP contribution < -0.4 is 5.32 Å². The standard InChI is InChI=1S/C25H20N2O3/c1-15(2)16-10-11-22-20(13-16)27-25(30-22)18-7-5-8-19(12-18)26-24(28)23-14-17-6-3-4-9-21(17)29-23/h3-15H,1-2H3,(H,26,28). The topological polar surface area (TPSA) is 68.3 Å². The molecular weight excluding hydrogens is 376 g/mol. The van der Waals surface area contributed by atoms with Crippen LogP contribution in [-0.2, 0) is 0 Å². The van der Waals surface area contributed by atoms with Gasteiger partial charge in [-0.3, -0.25) is 4.79 Å². The number of nitrogens with one attached hydrogen (secondary N) is 1. The third-order valence-corrected chi connectivity index (χ3v) is 5.09. The van der Waals surface area contributed by atoms with Crippen molar-refractivity contribution in [2.45, 2.75) is 19.8 Å². The normalized spacial score (nSPS) is 11.4. The summed E-state index contributed by atoms with van der Waals surface area (Å²) in [7, 11) is 0. The number of hydrogen-bond acceptors (Lipinski definition) is 4. The Morgan fingerprint density at radius 2 is 1.77 bits per heavy atom. The van der Waals surface area contributed by atoms with Gasteiger partial charge in [0.05, 0.1) is 0 Å². The van der Waals surface area contributed by atoms with Gasteiger partial charge in [-0.05, 0) is 53.9 Å². The predicted molar refractivity (Wildman–Crippen MR) is 118 cm³/mol. The molecule has 148 valence electrons. The Balaban J connectivity index is 1.42. The van der Waals surface area contributed by atoms with Crippen molar-refractivity contribution in [2.24, 2.45) is 0 Å². The quantitative estimate of drug-likeness (QED) is 0.371. The Bertz CT molecular complexity index is 1340. The number of amides is 1. The SMILES string of the molecule is CC(C)c1ccc2oc(-c3cccc(NC(=O)c4cc5ccccc5o4)c3)nc2c1. The number of hydrogen-bond donors (Lipinski definition) is 1. The lowest BCUT2D eigenvalue weighted by Crippen LogP contribution is -2.10. The molecule has 5 heteroatoms. The number of para-hydroxylation sites is 1. The first-order chi connectivity index (χ1) is 14.6. The van der Waals surface area contributed by atoms with Crippen molar-refractivity contribution in [2.75, 3.05) is 5.32 Å². The van der Waals surface area contributed by atoms with E-state index in [2.05, 4.69) is 36.3 Å². The van der Waals surface area contributed by atoms with Crippen LogP contribution in [0.4, 0.5) is 5.69 Å². The van der Waals surface area contributed by atoms with Crippen LogP contribution in [-0.4, -0.2) is 10.9 Å². The third kappa shape index (κ3) is 3.35. The van der Waals surface area contributed by atoms with Gasteiger partial charge in [0.25, 0.3) is 5.91 Å². The second-order valence-electron chi connectivity index (χ2n) is 7.58. The van der Waals surface area contributed by atoms with Gasteiger partial charge in [-0.15, -0.1) is 0 Å². The van der Waals surface area contributed by atoms with E-state index in [4.69, 9.17) is 8.83 Å². The average Bonchev–Trinajstić information content (AvgIpc) is 3.37. The smallest absolute Gasteiger partial charge is 0.291 e. The number of carbonyl (C=O) groups is 1. The minimum Gasteiger partial charge on any atom is -0.451 e. The summed E-state index contributed by atoms with van der Waals surface area (Å²) in [4.78, 5) is 17.3. The number of rotatable bonds is 4. The molecule has 2 heterocycles. The van der Waals surface area contributed by atoms with Crippen molar-refractivity contribution >= 4 is 33.7 Å². The van der Waals surface area contributed by atoms with Gasteiger partial charge in [0.15, 0.2) is 11.3 Å². The molecule has 0 fully saturated rings. The fraction of sp³-hybridized carbons (Fsp3) is 0.120. The molecule has 0 aliphatic carbocycles. The van der Waals surface area contributed by atoms with Crippen molar-refractivity contribution in [1.29, 1.82) is 0 Å². The Hall–Kier alpha value is -3.86. The van der Waals surface area contributed by atoms with E-state index in [0.717, 1.165) is 22.0 Å². The molecule has 0 saturated carbocycles. The Morgan fingerprint density at radius 1 is 0.900 bits per heavy atom. The first kappa shape index (κ1) is 18.2. The minimum absolute atomic E-state index is 0.268. The number of nitrogens with zero attached hydrogens (tertiary/aromatic N) is 1. The highest BCUT2D eigenvalue weighted by Crippen LogP contribution is 2.28. The summed E-state index contributed by atoms with van der Waals surface area (Å²) in [6, 6.07) is 22.8. The maximum absolute atomic E-state index is 12.6. The van der Waals surface area contributed by atoms with E-state index in [-0.39, 0.29) is 11.7 Å². The first-order valence-electron chi connectivity index (χ1n) is 9.88. The maximum atomic E-state index is 12.6. The van der Waals surface area contributed by atoms with Gasteiger partial charge in [-0.1, -0.05) is 44.2 Å². The van der Waals surface area contributed by atoms with E-state index in [1.807, 2.05) is 54.6 Å². The zero-order valence-corrected chi connectivity index (χ0v) is 16.7. The van der Waals surface area contributed by atoms with Crippen LogP contribution in [0.1, 0.15) is 35.9 Å². The van der Waals surface area contributed by atoms with Crippen molar-refractivity contribution < 1.29 is 13.6 Å². The average molecular weight is 396 g/mol. The largest absolute Gasteiger partial charge is 0.451 e. The predicted octanol–water partition coefficient (Wildman–Crippen LogP) is 6.62. The molecule has 0 spiro atoms. The first-order valence-corrected chi connectivity index (χ1v) is 9.88. The number of aromatic nitrogens is 1. The Kier molecular flexibility index (Phi) is 4.36. The second kappa shape index (κ2) is 7.19. The molecule has 0 aliphatic heterocycles. The molecule has 5 nitrogen and oxygen atoms in total. The highest BCUT2D eigenvalue weighted by Gasteiger charge is 2.14. The van der Waals surface area contributed by atoms with Crippen LogP contribution in [0.15, 0.2) is 81.6 Å². The van der Waals surface area contributed by atoms with E-state index in [0.29, 0.717) is 23.1 Å². The molecule has 0 unspecified atom stereocenters. The number of furan rings is 1. The molecule has 5 aromatic rings. The van der Waals surface area contributed by atoms with E-state index in [9.17, 15) is 4.79 Å². The molecule has 1 amide bonds. The van der Waals surface area contributed by atoms with Gasteiger partial charge in [-0.25, -0.2) is 4.98 Å². The van der Waals surface area contributed by atoms with Crippen LogP contribution in [0.5, 0.6) is 0 Å². The number of benzene rings is 3. The summed E-state index contributed by atoms with van der Waals surface area (Å²) in [5.41, 5.74) is 4.90. The van der Waals surface area contributed by atoms with E-state index >= 15 is 0 Å². The van der Waals surface area contributed by atoms with Crippen LogP contribution in [0.2, 0.25) is 0 Å². The van der Waals surface area contributed by atoms with E-state index in [1.54, 1.807) is 6.07 Å². The monoisotopic (exact) mass is 396 g/mol. The van der Waals surface area contributed by atoms with Gasteiger partial charge in [0.2, 0.25) is 5.89 Å². The van der Waals surface area contributed by atoms with E-state index in [1.165, 1.54) is 5.56 Å². The van der Waals surface area contributed by atoms with Crippen LogP contribution >= 0.6 is 0 Å². The summed E-state index contributed by atoms with van der Waals surface area (Å²) in [5, 5.41) is 3.78. The molecule has 0 saturated heterocycles. The fourth-order valence-corrected chi connectivity index (χ4v) is 3.44. The molecule has 2 aromatic heterocycles. The van der Waals surface area contributed by atoms with E-state index < -0.39 is 0 Å². The Morgan fingerprint density at radius 3 is 2.60 bits per heavy atom. The molecule has 3 aromatic carbocycles. The number of anilines is 1. The minimum atomic E-state index is -0.303. The zero-order valence-electron chi connectivity index (χ0n) is 16.7. The number of carbonyl (C=O) groups excluding carboxylic acids is 1. The molecular formula is C25H20N2O3. The van der Waals surface area contributed by atoms with Crippen molar-refractivity contribution in [1.82, 2.24) is 4.98 Å². The number of oxazole rings is 1. The van der Waals surface area contributed by atoms with Gasteiger partial charge in [0.1, 0.15) is 11.1 Å². The lowest BCUT2D eigenvalue weighted by atomic mass is 10.0. The third-order valence-electron chi connectivity index (χ3n) is 5.09. The zero-order chi connectivity index (χ0) is 20.7. The molecule has 5 rings (SSSR count).